The molecule has 0 aromatic rings. The van der Waals surface area contributed by atoms with E-state index in [0.717, 1.165) is 12.8 Å². The summed E-state index contributed by atoms with van der Waals surface area (Å²) in [6, 6.07) is 0. The fourth-order valence-corrected chi connectivity index (χ4v) is 2.88. The molecule has 0 unspecified atom stereocenters. The van der Waals surface area contributed by atoms with Crippen molar-refractivity contribution in [2.24, 2.45) is 0 Å². The average molecular weight is 488 g/mol. The zero-order valence-corrected chi connectivity index (χ0v) is 12.8. The fourth-order valence-electron chi connectivity index (χ4n) is 1.61. The Morgan fingerprint density at radius 1 is 1.21 bits per heavy atom. The quantitative estimate of drug-likeness (QED) is 0.438. The van der Waals surface area contributed by atoms with Crippen LogP contribution < -0.4 is 0 Å². The molecule has 0 aromatic heterocycles. The number of rotatable bonds is 5. The molecule has 4 heteroatoms. The molecule has 0 amide bonds. The standard InChI is InChI=1S/C10H18O2.2Tb/c1-2-3-9-11-12-10-7-5-4-6-8-10;;/h10H,2-8H2,1H3;;. The molecule has 1 aliphatic carbocycles. The third kappa shape index (κ3) is 6.28. The van der Waals surface area contributed by atoms with E-state index in [1.165, 1.54) is 32.1 Å². The van der Waals surface area contributed by atoms with E-state index in [1.807, 2.05) is 0 Å². The van der Waals surface area contributed by atoms with Crippen molar-refractivity contribution in [3.63, 3.8) is 0 Å². The zero-order chi connectivity index (χ0) is 10.4. The maximum atomic E-state index is 5.51. The van der Waals surface area contributed by atoms with Crippen molar-refractivity contribution < 1.29 is 83.0 Å². The van der Waals surface area contributed by atoms with Gasteiger partial charge in [-0.1, -0.05) is 0 Å². The molecule has 0 aliphatic heterocycles. The predicted octanol–water partition coefficient (Wildman–Crippen LogP) is 2.82. The summed E-state index contributed by atoms with van der Waals surface area (Å²) in [5, 5.41) is 0. The molecule has 1 fully saturated rings. The van der Waals surface area contributed by atoms with E-state index >= 15 is 0 Å². The van der Waals surface area contributed by atoms with Crippen LogP contribution in [-0.2, 0) is 9.78 Å². The van der Waals surface area contributed by atoms with Gasteiger partial charge in [0.15, 0.2) is 0 Å². The molecule has 0 N–H and O–H groups in total. The van der Waals surface area contributed by atoms with Gasteiger partial charge < -0.3 is 0 Å². The first-order valence-electron chi connectivity index (χ1n) is 5.32. The van der Waals surface area contributed by atoms with Gasteiger partial charge in [0.2, 0.25) is 0 Å². The second kappa shape index (κ2) is 7.75. The Kier molecular flexibility index (Phi) is 8.05. The van der Waals surface area contributed by atoms with Crippen molar-refractivity contribution in [1.29, 1.82) is 0 Å². The van der Waals surface area contributed by atoms with Crippen molar-refractivity contribution >= 4 is 0 Å². The van der Waals surface area contributed by atoms with Crippen LogP contribution in [-0.4, -0.2) is 3.65 Å². The van der Waals surface area contributed by atoms with Gasteiger partial charge in [-0.25, -0.2) is 0 Å². The molecule has 14 heavy (non-hydrogen) atoms. The Morgan fingerprint density at radius 2 is 1.86 bits per heavy atom. The molecule has 0 saturated heterocycles. The summed E-state index contributed by atoms with van der Waals surface area (Å²) in [5.41, 5.74) is 0. The second-order valence-electron chi connectivity index (χ2n) is 3.76. The van der Waals surface area contributed by atoms with Gasteiger partial charge in [0.25, 0.3) is 0 Å². The van der Waals surface area contributed by atoms with Crippen LogP contribution in [0.3, 0.4) is 0 Å². The molecule has 1 saturated carbocycles. The van der Waals surface area contributed by atoms with E-state index in [0.29, 0.717) is 6.10 Å². The van der Waals surface area contributed by atoms with E-state index < -0.39 is 0 Å². The SMILES string of the molecule is CCC[C]([Tb])([Tb])OOC1CCCCC1. The summed E-state index contributed by atoms with van der Waals surface area (Å²) in [5.74, 6) is 0. The third-order valence-electron chi connectivity index (χ3n) is 2.37. The van der Waals surface area contributed by atoms with E-state index in [4.69, 9.17) is 9.78 Å². The molecule has 0 aromatic carbocycles. The summed E-state index contributed by atoms with van der Waals surface area (Å²) in [6.07, 6.45) is 8.83. The van der Waals surface area contributed by atoms with Crippen molar-refractivity contribution in [1.82, 2.24) is 0 Å². The summed E-state index contributed by atoms with van der Waals surface area (Å²) in [4.78, 5) is 11.0. The van der Waals surface area contributed by atoms with E-state index in [-0.39, 0.29) is -2.46 Å². The molecule has 0 heterocycles. The van der Waals surface area contributed by atoms with Gasteiger partial charge in [-0.05, 0) is 0 Å². The van der Waals surface area contributed by atoms with Crippen LogP contribution in [0.4, 0.5) is 0 Å². The van der Waals surface area contributed by atoms with Gasteiger partial charge in [0, 0.05) is 0 Å². The van der Waals surface area contributed by atoms with Gasteiger partial charge in [-0.3, -0.25) is 0 Å². The summed E-state index contributed by atoms with van der Waals surface area (Å²) in [6.45, 7) is 2.17. The molecule has 0 radical (unpaired) electrons. The number of hydrogen-bond donors (Lipinski definition) is 0. The Labute approximate surface area is 136 Å². The molecule has 0 atom stereocenters. The van der Waals surface area contributed by atoms with Crippen LogP contribution in [0.1, 0.15) is 51.9 Å². The fraction of sp³-hybridized carbons (Fsp3) is 1.00. The van der Waals surface area contributed by atoms with E-state index in [9.17, 15) is 0 Å². The minimum atomic E-state index is -0.119. The molecule has 0 bridgehead atoms. The van der Waals surface area contributed by atoms with Crippen molar-refractivity contribution in [2.45, 2.75) is 55.5 Å². The Bertz CT molecular complexity index is 156. The molecule has 88 valence electrons. The first-order valence-corrected chi connectivity index (χ1v) is 7.46. The van der Waals surface area contributed by atoms with Crippen LogP contribution in [0.5, 0.6) is 0 Å². The van der Waals surface area contributed by atoms with Gasteiger partial charge in [-0.2, -0.15) is 0 Å². The maximum absolute atomic E-state index is 5.51. The van der Waals surface area contributed by atoms with Crippen molar-refractivity contribution in [3.8, 4) is 0 Å². The van der Waals surface area contributed by atoms with Crippen LogP contribution in [0.2, 0.25) is 0 Å². The summed E-state index contributed by atoms with van der Waals surface area (Å²) in [7, 11) is 0. The Morgan fingerprint density at radius 3 is 2.43 bits per heavy atom. The normalized spacial score (nSPS) is 20.1. The van der Waals surface area contributed by atoms with Crippen LogP contribution in [0, 0.1) is 73.3 Å². The third-order valence-corrected chi connectivity index (χ3v) is 3.80. The first kappa shape index (κ1) is 14.6. The minimum absolute atomic E-state index is 0.119. The van der Waals surface area contributed by atoms with Crippen LogP contribution >= 0.6 is 0 Å². The molecule has 0 spiro atoms. The van der Waals surface area contributed by atoms with Crippen LogP contribution in [0.25, 0.3) is 0 Å². The molecule has 2 nitrogen and oxygen atoms in total. The molecular weight excluding hydrogens is 470 g/mol. The Balaban J connectivity index is 2.17. The van der Waals surface area contributed by atoms with Gasteiger partial charge >= 0.3 is 139 Å². The van der Waals surface area contributed by atoms with E-state index in [2.05, 4.69) is 80.2 Å². The predicted molar refractivity (Wildman–Crippen MR) is 46.7 cm³/mol. The van der Waals surface area contributed by atoms with E-state index in [1.54, 1.807) is 0 Å². The number of hydrogen-bond acceptors (Lipinski definition) is 2. The second-order valence-corrected chi connectivity index (χ2v) is 9.15. The molecular formula is C10H18O2Tb2. The topological polar surface area (TPSA) is 18.5 Å². The van der Waals surface area contributed by atoms with Crippen molar-refractivity contribution in [3.05, 3.63) is 0 Å². The van der Waals surface area contributed by atoms with Gasteiger partial charge in [0.1, 0.15) is 0 Å². The van der Waals surface area contributed by atoms with Gasteiger partial charge in [-0.15, -0.1) is 0 Å². The zero-order valence-electron chi connectivity index (χ0n) is 8.51. The summed E-state index contributed by atoms with van der Waals surface area (Å²) >= 11 is 4.19. The van der Waals surface area contributed by atoms with Crippen LogP contribution in [0.15, 0.2) is 0 Å². The Hall–Kier alpha value is 2.49. The molecule has 1 rings (SSSR count). The van der Waals surface area contributed by atoms with Gasteiger partial charge in [0.05, 0.1) is 0 Å². The molecule has 1 aliphatic rings. The van der Waals surface area contributed by atoms with Crippen molar-refractivity contribution in [2.75, 3.05) is 0 Å². The monoisotopic (exact) mass is 488 g/mol. The summed E-state index contributed by atoms with van der Waals surface area (Å²) < 4.78 is -0.119. The first-order chi connectivity index (χ1) is 6.64. The average Bonchev–Trinajstić information content (AvgIpc) is 2.17.